The van der Waals surface area contributed by atoms with Gasteiger partial charge in [-0.25, -0.2) is 19.9 Å². The average Bonchev–Trinajstić information content (AvgIpc) is 3.23. The van der Waals surface area contributed by atoms with Gasteiger partial charge in [-0.15, -0.1) is 11.3 Å². The number of rotatable bonds is 3. The minimum atomic E-state index is 0.678. The zero-order chi connectivity index (χ0) is 15.9. The largest absolute Gasteiger partial charge is 0.365 e. The molecule has 0 aliphatic heterocycles. The summed E-state index contributed by atoms with van der Waals surface area (Å²) in [7, 11) is 0. The van der Waals surface area contributed by atoms with Crippen LogP contribution in [0.25, 0.3) is 16.0 Å². The second-order valence-corrected chi connectivity index (χ2v) is 7.15. The SMILES string of the molecule is c1nc(NCc2cnc3nccn3c2)c2c3c(sc2n1)CCCC3. The molecule has 120 valence electrons. The van der Waals surface area contributed by atoms with Crippen LogP contribution in [0.4, 0.5) is 5.82 Å². The van der Waals surface area contributed by atoms with Crippen LogP contribution in [0.3, 0.4) is 0 Å². The van der Waals surface area contributed by atoms with Gasteiger partial charge in [0.2, 0.25) is 5.78 Å². The zero-order valence-corrected chi connectivity index (χ0v) is 13.9. The fourth-order valence-corrected chi connectivity index (χ4v) is 4.59. The number of imidazole rings is 1. The molecule has 0 amide bonds. The molecule has 7 heteroatoms. The number of thiophene rings is 1. The van der Waals surface area contributed by atoms with Gasteiger partial charge >= 0.3 is 0 Å². The van der Waals surface area contributed by atoms with Gasteiger partial charge in [-0.05, 0) is 31.2 Å². The molecule has 0 atom stereocenters. The molecule has 5 rings (SSSR count). The molecule has 4 heterocycles. The Hall–Kier alpha value is -2.54. The van der Waals surface area contributed by atoms with Crippen LogP contribution in [0.1, 0.15) is 28.8 Å². The number of fused-ring (bicyclic) bond motifs is 4. The lowest BCUT2D eigenvalue weighted by molar-refractivity contribution is 0.700. The van der Waals surface area contributed by atoms with Gasteiger partial charge in [0, 0.05) is 41.8 Å². The first-order valence-electron chi connectivity index (χ1n) is 8.15. The molecule has 4 aromatic rings. The summed E-state index contributed by atoms with van der Waals surface area (Å²) in [6.07, 6.45) is 14.1. The van der Waals surface area contributed by atoms with Crippen molar-refractivity contribution in [3.8, 4) is 0 Å². The van der Waals surface area contributed by atoms with Crippen molar-refractivity contribution < 1.29 is 0 Å². The molecule has 0 bridgehead atoms. The minimum Gasteiger partial charge on any atom is -0.365 e. The van der Waals surface area contributed by atoms with E-state index < -0.39 is 0 Å². The summed E-state index contributed by atoms with van der Waals surface area (Å²) in [5, 5.41) is 4.70. The van der Waals surface area contributed by atoms with Crippen LogP contribution in [0, 0.1) is 0 Å². The maximum absolute atomic E-state index is 4.50. The first-order chi connectivity index (χ1) is 11.9. The van der Waals surface area contributed by atoms with Crippen LogP contribution in [0.5, 0.6) is 0 Å². The van der Waals surface area contributed by atoms with Gasteiger partial charge in [-0.3, -0.25) is 4.40 Å². The normalized spacial score (nSPS) is 14.2. The van der Waals surface area contributed by atoms with Crippen LogP contribution in [-0.4, -0.2) is 24.3 Å². The number of aryl methyl sites for hydroxylation is 2. The monoisotopic (exact) mass is 336 g/mol. The van der Waals surface area contributed by atoms with Gasteiger partial charge in [-0.1, -0.05) is 0 Å². The lowest BCUT2D eigenvalue weighted by atomic mass is 9.97. The summed E-state index contributed by atoms with van der Waals surface area (Å²) in [6.45, 7) is 0.678. The predicted octanol–water partition coefficient (Wildman–Crippen LogP) is 3.22. The third kappa shape index (κ3) is 2.24. The Balaban J connectivity index is 1.49. The third-order valence-corrected chi connectivity index (χ3v) is 5.71. The summed E-state index contributed by atoms with van der Waals surface area (Å²) in [5.74, 6) is 1.65. The van der Waals surface area contributed by atoms with E-state index in [-0.39, 0.29) is 0 Å². The first kappa shape index (κ1) is 13.9. The highest BCUT2D eigenvalue weighted by Gasteiger charge is 2.19. The van der Waals surface area contributed by atoms with Crippen LogP contribution in [-0.2, 0) is 19.4 Å². The van der Waals surface area contributed by atoms with E-state index in [1.54, 1.807) is 12.5 Å². The third-order valence-electron chi connectivity index (χ3n) is 4.51. The fraction of sp³-hybridized carbons (Fsp3) is 0.294. The first-order valence-corrected chi connectivity index (χ1v) is 8.97. The molecule has 0 spiro atoms. The highest BCUT2D eigenvalue weighted by molar-refractivity contribution is 7.19. The number of nitrogens with zero attached hydrogens (tertiary/aromatic N) is 5. The summed E-state index contributed by atoms with van der Waals surface area (Å²) in [6, 6.07) is 0. The molecule has 0 saturated heterocycles. The highest BCUT2D eigenvalue weighted by Crippen LogP contribution is 2.38. The average molecular weight is 336 g/mol. The quantitative estimate of drug-likeness (QED) is 0.622. The van der Waals surface area contributed by atoms with E-state index in [0.29, 0.717) is 6.54 Å². The lowest BCUT2D eigenvalue weighted by Gasteiger charge is -2.12. The van der Waals surface area contributed by atoms with Crippen molar-refractivity contribution >= 4 is 33.1 Å². The van der Waals surface area contributed by atoms with E-state index in [1.807, 2.05) is 34.3 Å². The molecule has 1 N–H and O–H groups in total. The van der Waals surface area contributed by atoms with Gasteiger partial charge in [0.1, 0.15) is 17.0 Å². The fourth-order valence-electron chi connectivity index (χ4n) is 3.36. The van der Waals surface area contributed by atoms with Gasteiger partial charge in [0.25, 0.3) is 0 Å². The number of hydrogen-bond donors (Lipinski definition) is 1. The highest BCUT2D eigenvalue weighted by atomic mass is 32.1. The Labute approximate surface area is 142 Å². The molecule has 24 heavy (non-hydrogen) atoms. The molecular formula is C17H16N6S. The molecule has 1 aliphatic carbocycles. The van der Waals surface area contributed by atoms with Crippen LogP contribution in [0.15, 0.2) is 31.1 Å². The molecule has 0 unspecified atom stereocenters. The van der Waals surface area contributed by atoms with Crippen molar-refractivity contribution in [2.75, 3.05) is 5.32 Å². The van der Waals surface area contributed by atoms with Crippen LogP contribution >= 0.6 is 11.3 Å². The van der Waals surface area contributed by atoms with Gasteiger partial charge in [0.15, 0.2) is 0 Å². The number of hydrogen-bond acceptors (Lipinski definition) is 6. The van der Waals surface area contributed by atoms with E-state index in [0.717, 1.165) is 28.4 Å². The zero-order valence-electron chi connectivity index (χ0n) is 13.1. The van der Waals surface area contributed by atoms with E-state index in [2.05, 4.69) is 25.3 Å². The standard InChI is InChI=1S/C17H16N6S/c1-2-4-13-12(3-1)14-15(21-10-22-16(14)24-13)19-7-11-8-20-17-18-5-6-23(17)9-11/h5-6,8-10H,1-4,7H2,(H,19,21,22). The Bertz CT molecular complexity index is 1030. The van der Waals surface area contributed by atoms with Crippen molar-refractivity contribution in [3.63, 3.8) is 0 Å². The molecule has 4 aromatic heterocycles. The Morgan fingerprint density at radius 2 is 2.08 bits per heavy atom. The van der Waals surface area contributed by atoms with Gasteiger partial charge in [0.05, 0.1) is 5.39 Å². The smallest absolute Gasteiger partial charge is 0.233 e. The minimum absolute atomic E-state index is 0.678. The van der Waals surface area contributed by atoms with E-state index in [1.165, 1.54) is 35.1 Å². The molecule has 6 nitrogen and oxygen atoms in total. The van der Waals surface area contributed by atoms with E-state index in [9.17, 15) is 0 Å². The maximum Gasteiger partial charge on any atom is 0.233 e. The summed E-state index contributed by atoms with van der Waals surface area (Å²) in [5.41, 5.74) is 2.55. The molecule has 0 aromatic carbocycles. The Morgan fingerprint density at radius 3 is 3.08 bits per heavy atom. The maximum atomic E-state index is 4.50. The van der Waals surface area contributed by atoms with E-state index >= 15 is 0 Å². The van der Waals surface area contributed by atoms with Crippen molar-refractivity contribution in [3.05, 3.63) is 47.1 Å². The molecule has 0 saturated carbocycles. The molecule has 0 fully saturated rings. The van der Waals surface area contributed by atoms with Crippen molar-refractivity contribution in [1.82, 2.24) is 24.3 Å². The van der Waals surface area contributed by atoms with Gasteiger partial charge < -0.3 is 5.32 Å². The van der Waals surface area contributed by atoms with Gasteiger partial charge in [-0.2, -0.15) is 0 Å². The van der Waals surface area contributed by atoms with Crippen LogP contribution in [0.2, 0.25) is 0 Å². The lowest BCUT2D eigenvalue weighted by Crippen LogP contribution is -2.05. The summed E-state index contributed by atoms with van der Waals surface area (Å²) < 4.78 is 1.93. The van der Waals surface area contributed by atoms with E-state index in [4.69, 9.17) is 0 Å². The van der Waals surface area contributed by atoms with Crippen LogP contribution < -0.4 is 5.32 Å². The summed E-state index contributed by atoms with van der Waals surface area (Å²) >= 11 is 1.82. The number of aromatic nitrogens is 5. The predicted molar refractivity (Wildman–Crippen MR) is 94.4 cm³/mol. The second kappa shape index (κ2) is 5.52. The Kier molecular flexibility index (Phi) is 3.19. The van der Waals surface area contributed by atoms with Crippen molar-refractivity contribution in [2.24, 2.45) is 0 Å². The van der Waals surface area contributed by atoms with Crippen molar-refractivity contribution in [1.29, 1.82) is 0 Å². The summed E-state index contributed by atoms with van der Waals surface area (Å²) in [4.78, 5) is 20.1. The molecule has 0 radical (unpaired) electrons. The second-order valence-electron chi connectivity index (χ2n) is 6.06. The topological polar surface area (TPSA) is 68.0 Å². The Morgan fingerprint density at radius 1 is 1.12 bits per heavy atom. The molecular weight excluding hydrogens is 320 g/mol. The molecule has 1 aliphatic rings. The number of nitrogens with one attached hydrogen (secondary N) is 1. The van der Waals surface area contributed by atoms with Crippen molar-refractivity contribution in [2.45, 2.75) is 32.2 Å². The number of anilines is 1.